The van der Waals surface area contributed by atoms with E-state index in [1.165, 1.54) is 0 Å². The standard InChI is InChI=1S/C16H22N6O3/c1-11-8-15(25-21-11)19-16(23)12(2)22-6-7-24-13(10-22)9-17-14-4-3-5-18-20-14/h3-5,8,12-13H,6-7,9-10H2,1-2H3,(H,17,20)(H,19,23). The molecule has 1 aliphatic rings. The van der Waals surface area contributed by atoms with Gasteiger partial charge in [-0.15, -0.1) is 5.10 Å². The highest BCUT2D eigenvalue weighted by molar-refractivity contribution is 5.93. The van der Waals surface area contributed by atoms with E-state index in [9.17, 15) is 4.79 Å². The van der Waals surface area contributed by atoms with Crippen LogP contribution >= 0.6 is 0 Å². The number of anilines is 2. The largest absolute Gasteiger partial charge is 0.374 e. The summed E-state index contributed by atoms with van der Waals surface area (Å²) in [5.41, 5.74) is 0.726. The van der Waals surface area contributed by atoms with Crippen LogP contribution < -0.4 is 10.6 Å². The number of ether oxygens (including phenoxy) is 1. The van der Waals surface area contributed by atoms with Gasteiger partial charge in [-0.25, -0.2) is 0 Å². The molecule has 0 saturated carbocycles. The molecule has 9 heteroatoms. The van der Waals surface area contributed by atoms with Crippen LogP contribution in [0.3, 0.4) is 0 Å². The maximum Gasteiger partial charge on any atom is 0.243 e. The molecule has 0 aromatic carbocycles. The third-order valence-corrected chi connectivity index (χ3v) is 4.05. The van der Waals surface area contributed by atoms with Crippen molar-refractivity contribution in [3.63, 3.8) is 0 Å². The van der Waals surface area contributed by atoms with Gasteiger partial charge >= 0.3 is 0 Å². The first-order valence-corrected chi connectivity index (χ1v) is 8.23. The number of aryl methyl sites for hydroxylation is 1. The second kappa shape index (κ2) is 8.04. The van der Waals surface area contributed by atoms with E-state index < -0.39 is 0 Å². The van der Waals surface area contributed by atoms with E-state index in [1.807, 2.05) is 19.1 Å². The van der Waals surface area contributed by atoms with Gasteiger partial charge in [0.15, 0.2) is 0 Å². The molecular formula is C16H22N6O3. The maximum absolute atomic E-state index is 12.4. The predicted molar refractivity (Wildman–Crippen MR) is 91.2 cm³/mol. The van der Waals surface area contributed by atoms with E-state index in [-0.39, 0.29) is 18.1 Å². The van der Waals surface area contributed by atoms with Crippen LogP contribution in [0.1, 0.15) is 12.6 Å². The van der Waals surface area contributed by atoms with E-state index >= 15 is 0 Å². The first-order chi connectivity index (χ1) is 12.1. The molecule has 1 fully saturated rings. The van der Waals surface area contributed by atoms with Crippen molar-refractivity contribution in [3.05, 3.63) is 30.1 Å². The Kier molecular flexibility index (Phi) is 5.56. The highest BCUT2D eigenvalue weighted by Gasteiger charge is 2.28. The smallest absolute Gasteiger partial charge is 0.243 e. The number of carbonyl (C=O) groups is 1. The van der Waals surface area contributed by atoms with Crippen molar-refractivity contribution in [2.45, 2.75) is 26.0 Å². The zero-order valence-corrected chi connectivity index (χ0v) is 14.3. The lowest BCUT2D eigenvalue weighted by molar-refractivity contribution is -0.123. The highest BCUT2D eigenvalue weighted by atomic mass is 16.5. The first-order valence-electron chi connectivity index (χ1n) is 8.23. The molecule has 9 nitrogen and oxygen atoms in total. The summed E-state index contributed by atoms with van der Waals surface area (Å²) in [6.07, 6.45) is 1.60. The van der Waals surface area contributed by atoms with Crippen molar-refractivity contribution in [1.82, 2.24) is 20.3 Å². The van der Waals surface area contributed by atoms with Gasteiger partial charge in [0.05, 0.1) is 24.4 Å². The Morgan fingerprint density at radius 2 is 2.40 bits per heavy atom. The Balaban J connectivity index is 1.50. The number of amides is 1. The Bertz CT molecular complexity index is 692. The van der Waals surface area contributed by atoms with Gasteiger partial charge in [-0.2, -0.15) is 5.10 Å². The summed E-state index contributed by atoms with van der Waals surface area (Å²) in [5, 5.41) is 17.5. The molecule has 2 atom stereocenters. The van der Waals surface area contributed by atoms with Gasteiger partial charge in [0.1, 0.15) is 5.82 Å². The van der Waals surface area contributed by atoms with E-state index in [0.717, 1.165) is 5.69 Å². The third-order valence-electron chi connectivity index (χ3n) is 4.05. The Labute approximate surface area is 145 Å². The van der Waals surface area contributed by atoms with Gasteiger partial charge in [-0.05, 0) is 26.0 Å². The molecule has 3 rings (SSSR count). The molecular weight excluding hydrogens is 324 g/mol. The molecule has 0 aliphatic carbocycles. The summed E-state index contributed by atoms with van der Waals surface area (Å²) in [6, 6.07) is 5.06. The van der Waals surface area contributed by atoms with Gasteiger partial charge < -0.3 is 14.6 Å². The number of morpholine rings is 1. The minimum absolute atomic E-state index is 0.0291. The lowest BCUT2D eigenvalue weighted by atomic mass is 10.2. The van der Waals surface area contributed by atoms with Gasteiger partial charge in [-0.1, -0.05) is 5.16 Å². The minimum atomic E-state index is -0.298. The molecule has 0 radical (unpaired) electrons. The van der Waals surface area contributed by atoms with Gasteiger partial charge in [0.2, 0.25) is 11.8 Å². The molecule has 134 valence electrons. The van der Waals surface area contributed by atoms with Gasteiger partial charge in [0, 0.05) is 31.9 Å². The maximum atomic E-state index is 12.4. The summed E-state index contributed by atoms with van der Waals surface area (Å²) >= 11 is 0. The number of nitrogens with one attached hydrogen (secondary N) is 2. The van der Waals surface area contributed by atoms with Crippen molar-refractivity contribution in [2.75, 3.05) is 36.9 Å². The lowest BCUT2D eigenvalue weighted by Crippen LogP contribution is -2.52. The van der Waals surface area contributed by atoms with Crippen molar-refractivity contribution < 1.29 is 14.1 Å². The van der Waals surface area contributed by atoms with Crippen molar-refractivity contribution in [2.24, 2.45) is 0 Å². The topological polar surface area (TPSA) is 105 Å². The molecule has 3 heterocycles. The van der Waals surface area contributed by atoms with Crippen LogP contribution in [0.15, 0.2) is 28.9 Å². The van der Waals surface area contributed by atoms with Crippen molar-refractivity contribution in [3.8, 4) is 0 Å². The fraction of sp³-hybridized carbons (Fsp3) is 0.500. The zero-order chi connectivity index (χ0) is 17.6. The van der Waals surface area contributed by atoms with Crippen LogP contribution in [0, 0.1) is 6.92 Å². The fourth-order valence-corrected chi connectivity index (χ4v) is 2.65. The average Bonchev–Trinajstić information content (AvgIpc) is 3.05. The van der Waals surface area contributed by atoms with Crippen LogP contribution in [0.25, 0.3) is 0 Å². The average molecular weight is 346 g/mol. The van der Waals surface area contributed by atoms with Gasteiger partial charge in [0.25, 0.3) is 0 Å². The molecule has 1 aliphatic heterocycles. The van der Waals surface area contributed by atoms with E-state index in [1.54, 1.807) is 19.2 Å². The SMILES string of the molecule is Cc1cc(NC(=O)C(C)N2CCOC(CNc3cccnn3)C2)on1. The molecule has 2 aromatic rings. The molecule has 1 amide bonds. The van der Waals surface area contributed by atoms with Crippen LogP contribution in [-0.4, -0.2) is 64.5 Å². The number of carbonyl (C=O) groups excluding carboxylic acids is 1. The van der Waals surface area contributed by atoms with Crippen LogP contribution in [0.2, 0.25) is 0 Å². The van der Waals surface area contributed by atoms with Crippen LogP contribution in [0.5, 0.6) is 0 Å². The third kappa shape index (κ3) is 4.74. The van der Waals surface area contributed by atoms with Crippen molar-refractivity contribution >= 4 is 17.6 Å². The summed E-state index contributed by atoms with van der Waals surface area (Å²) in [4.78, 5) is 14.5. The molecule has 0 spiro atoms. The van der Waals surface area contributed by atoms with E-state index in [4.69, 9.17) is 9.26 Å². The molecule has 2 N–H and O–H groups in total. The highest BCUT2D eigenvalue weighted by Crippen LogP contribution is 2.13. The van der Waals surface area contributed by atoms with E-state index in [2.05, 4.69) is 30.9 Å². The normalized spacial score (nSPS) is 19.4. The molecule has 2 aromatic heterocycles. The van der Waals surface area contributed by atoms with Crippen LogP contribution in [0.4, 0.5) is 11.7 Å². The molecule has 25 heavy (non-hydrogen) atoms. The minimum Gasteiger partial charge on any atom is -0.374 e. The number of hydrogen-bond donors (Lipinski definition) is 2. The first kappa shape index (κ1) is 17.3. The number of hydrogen-bond acceptors (Lipinski definition) is 8. The summed E-state index contributed by atoms with van der Waals surface area (Å²) < 4.78 is 10.8. The Hall–Kier alpha value is -2.52. The monoisotopic (exact) mass is 346 g/mol. The second-order valence-electron chi connectivity index (χ2n) is 5.98. The number of nitrogens with zero attached hydrogens (tertiary/aromatic N) is 4. The lowest BCUT2D eigenvalue weighted by Gasteiger charge is -2.36. The molecule has 1 saturated heterocycles. The number of rotatable bonds is 6. The quantitative estimate of drug-likeness (QED) is 0.795. The second-order valence-corrected chi connectivity index (χ2v) is 5.98. The summed E-state index contributed by atoms with van der Waals surface area (Å²) in [6.45, 7) is 6.20. The number of aromatic nitrogens is 3. The summed E-state index contributed by atoms with van der Waals surface area (Å²) in [7, 11) is 0. The van der Waals surface area contributed by atoms with Crippen molar-refractivity contribution in [1.29, 1.82) is 0 Å². The molecule has 2 unspecified atom stereocenters. The Morgan fingerprint density at radius 1 is 1.52 bits per heavy atom. The van der Waals surface area contributed by atoms with E-state index in [0.29, 0.717) is 37.9 Å². The fourth-order valence-electron chi connectivity index (χ4n) is 2.65. The zero-order valence-electron chi connectivity index (χ0n) is 14.3. The van der Waals surface area contributed by atoms with Crippen LogP contribution in [-0.2, 0) is 9.53 Å². The summed E-state index contributed by atoms with van der Waals surface area (Å²) in [5.74, 6) is 0.942. The predicted octanol–water partition coefficient (Wildman–Crippen LogP) is 0.913. The van der Waals surface area contributed by atoms with Gasteiger partial charge in [-0.3, -0.25) is 15.0 Å². The molecule has 0 bridgehead atoms. The Morgan fingerprint density at radius 3 is 3.12 bits per heavy atom.